The van der Waals surface area contributed by atoms with Crippen molar-refractivity contribution < 1.29 is 9.53 Å². The highest BCUT2D eigenvalue weighted by molar-refractivity contribution is 6.02. The number of hydrogen-bond donors (Lipinski definition) is 1. The first-order chi connectivity index (χ1) is 11.3. The van der Waals surface area contributed by atoms with Gasteiger partial charge < -0.3 is 9.72 Å². The molecule has 0 bridgehead atoms. The fourth-order valence-corrected chi connectivity index (χ4v) is 2.51. The molecule has 1 aliphatic rings. The molecule has 1 aromatic heterocycles. The van der Waals surface area contributed by atoms with Crippen LogP contribution in [0.15, 0.2) is 66.9 Å². The molecule has 4 rings (SSSR count). The summed E-state index contributed by atoms with van der Waals surface area (Å²) in [6.45, 7) is 2.10. The summed E-state index contributed by atoms with van der Waals surface area (Å²) in [5.41, 5.74) is 2.80. The number of H-pyrrole nitrogens is 1. The number of rotatable bonds is 2. The van der Waals surface area contributed by atoms with E-state index in [1.807, 2.05) is 42.6 Å². The fourth-order valence-electron chi connectivity index (χ4n) is 2.51. The Bertz CT molecular complexity index is 815. The number of aromatic nitrogens is 1. The molecule has 2 heterocycles. The van der Waals surface area contributed by atoms with Crippen molar-refractivity contribution in [3.63, 3.8) is 0 Å². The van der Waals surface area contributed by atoms with E-state index in [0.717, 1.165) is 18.4 Å². The largest absolute Gasteiger partial charge is 0.423 e. The molecule has 1 N–H and O–H groups in total. The molecule has 3 aromatic rings. The summed E-state index contributed by atoms with van der Waals surface area (Å²) in [5.74, 6) is 0.482. The summed E-state index contributed by atoms with van der Waals surface area (Å²) >= 11 is 0. The lowest BCUT2D eigenvalue weighted by Gasteiger charge is -1.96. The van der Waals surface area contributed by atoms with E-state index in [2.05, 4.69) is 30.1 Å². The number of cyclic esters (lactones) is 1. The Morgan fingerprint density at radius 3 is 2.52 bits per heavy atom. The van der Waals surface area contributed by atoms with Gasteiger partial charge in [-0.2, -0.15) is 0 Å². The van der Waals surface area contributed by atoms with Crippen molar-refractivity contribution >= 4 is 22.6 Å². The number of carbonyl (C=O) groups is 1. The number of nitrogens with one attached hydrogen (secondary N) is 1. The summed E-state index contributed by atoms with van der Waals surface area (Å²) in [7, 11) is 0. The van der Waals surface area contributed by atoms with E-state index < -0.39 is 0 Å². The van der Waals surface area contributed by atoms with Gasteiger partial charge in [-0.25, -0.2) is 4.79 Å². The number of esters is 1. The Morgan fingerprint density at radius 2 is 1.74 bits per heavy atom. The van der Waals surface area contributed by atoms with Crippen molar-refractivity contribution in [3.8, 4) is 0 Å². The zero-order valence-electron chi connectivity index (χ0n) is 13.1. The first-order valence-electron chi connectivity index (χ1n) is 7.83. The van der Waals surface area contributed by atoms with Gasteiger partial charge in [0.05, 0.1) is 5.56 Å². The number of ether oxygens (including phenoxy) is 1. The third-order valence-electron chi connectivity index (χ3n) is 3.70. The molecule has 0 amide bonds. The Hall–Kier alpha value is -2.81. The van der Waals surface area contributed by atoms with Crippen LogP contribution < -0.4 is 0 Å². The topological polar surface area (TPSA) is 42.1 Å². The third kappa shape index (κ3) is 3.34. The van der Waals surface area contributed by atoms with E-state index >= 15 is 0 Å². The highest BCUT2D eigenvalue weighted by Gasteiger charge is 2.24. The number of fused-ring (bicyclic) bond motifs is 2. The molecule has 0 spiro atoms. The lowest BCUT2D eigenvalue weighted by molar-refractivity contribution is 0.0715. The van der Waals surface area contributed by atoms with Crippen LogP contribution in [0, 0.1) is 0 Å². The number of carbonyl (C=O) groups excluding carboxylic acids is 1. The van der Waals surface area contributed by atoms with Crippen LogP contribution in [0.25, 0.3) is 16.7 Å². The van der Waals surface area contributed by atoms with Crippen LogP contribution in [-0.2, 0) is 4.74 Å². The molecule has 3 nitrogen and oxygen atoms in total. The Labute approximate surface area is 135 Å². The second-order valence-electron chi connectivity index (χ2n) is 5.36. The van der Waals surface area contributed by atoms with Gasteiger partial charge in [-0.1, -0.05) is 49.7 Å². The second kappa shape index (κ2) is 6.97. The molecule has 2 aromatic carbocycles. The SMILES string of the molecule is CCCC=C1OC(=O)c2ccccc21.c1ccc2[nH]ccc2c1. The molecule has 0 radical (unpaired) electrons. The molecule has 0 unspecified atom stereocenters. The molecule has 0 saturated heterocycles. The minimum atomic E-state index is -0.233. The van der Waals surface area contributed by atoms with Gasteiger partial charge in [0.15, 0.2) is 0 Å². The predicted octanol–water partition coefficient (Wildman–Crippen LogP) is 5.17. The van der Waals surface area contributed by atoms with Crippen molar-refractivity contribution in [1.29, 1.82) is 0 Å². The fraction of sp³-hybridized carbons (Fsp3) is 0.150. The summed E-state index contributed by atoms with van der Waals surface area (Å²) in [5, 5.41) is 1.28. The van der Waals surface area contributed by atoms with Crippen molar-refractivity contribution in [3.05, 3.63) is 78.0 Å². The summed E-state index contributed by atoms with van der Waals surface area (Å²) in [4.78, 5) is 14.5. The van der Waals surface area contributed by atoms with Crippen molar-refractivity contribution in [1.82, 2.24) is 4.98 Å². The minimum Gasteiger partial charge on any atom is -0.423 e. The van der Waals surface area contributed by atoms with E-state index in [-0.39, 0.29) is 5.97 Å². The zero-order chi connectivity index (χ0) is 16.1. The maximum Gasteiger partial charge on any atom is 0.344 e. The van der Waals surface area contributed by atoms with Crippen LogP contribution >= 0.6 is 0 Å². The van der Waals surface area contributed by atoms with Crippen LogP contribution in [0.4, 0.5) is 0 Å². The number of hydrogen-bond acceptors (Lipinski definition) is 2. The van der Waals surface area contributed by atoms with Crippen molar-refractivity contribution in [2.24, 2.45) is 0 Å². The zero-order valence-corrected chi connectivity index (χ0v) is 13.1. The molecule has 1 aliphatic heterocycles. The molecule has 3 heteroatoms. The van der Waals surface area contributed by atoms with E-state index in [0.29, 0.717) is 11.3 Å². The van der Waals surface area contributed by atoms with Gasteiger partial charge in [0, 0.05) is 17.3 Å². The normalized spacial score (nSPS) is 14.3. The molecule has 23 heavy (non-hydrogen) atoms. The quantitative estimate of drug-likeness (QED) is 0.664. The lowest BCUT2D eigenvalue weighted by Crippen LogP contribution is -1.92. The minimum absolute atomic E-state index is 0.233. The number of benzene rings is 2. The lowest BCUT2D eigenvalue weighted by atomic mass is 10.1. The van der Waals surface area contributed by atoms with Crippen LogP contribution in [0.1, 0.15) is 35.7 Å². The monoisotopic (exact) mass is 305 g/mol. The molecule has 0 atom stereocenters. The maximum atomic E-state index is 11.4. The molecule has 116 valence electrons. The average Bonchev–Trinajstić information content (AvgIpc) is 3.19. The first-order valence-corrected chi connectivity index (χ1v) is 7.83. The standard InChI is InChI=1S/C12H12O2.C8H7N/c1-2-3-8-11-9-6-4-5-7-10(9)12(13)14-11;1-2-4-8-7(3-1)5-6-9-8/h4-8H,2-3H2,1H3;1-6,9H. The van der Waals surface area contributed by atoms with Gasteiger partial charge in [0.1, 0.15) is 5.76 Å². The Kier molecular flexibility index (Phi) is 4.57. The summed E-state index contributed by atoms with van der Waals surface area (Å²) in [6.07, 6.45) is 5.93. The molecule has 0 saturated carbocycles. The van der Waals surface area contributed by atoms with E-state index in [1.165, 1.54) is 10.9 Å². The van der Waals surface area contributed by atoms with E-state index in [9.17, 15) is 4.79 Å². The third-order valence-corrected chi connectivity index (χ3v) is 3.70. The molecule has 0 fully saturated rings. The second-order valence-corrected chi connectivity index (χ2v) is 5.36. The smallest absolute Gasteiger partial charge is 0.344 e. The number of allylic oxidation sites excluding steroid dienone is 1. The maximum absolute atomic E-state index is 11.4. The Morgan fingerprint density at radius 1 is 1.00 bits per heavy atom. The number of para-hydroxylation sites is 1. The van der Waals surface area contributed by atoms with Gasteiger partial charge in [-0.15, -0.1) is 0 Å². The van der Waals surface area contributed by atoms with E-state index in [4.69, 9.17) is 4.74 Å². The van der Waals surface area contributed by atoms with Crippen LogP contribution in [0.5, 0.6) is 0 Å². The van der Waals surface area contributed by atoms with E-state index in [1.54, 1.807) is 6.07 Å². The van der Waals surface area contributed by atoms with Crippen LogP contribution in [-0.4, -0.2) is 11.0 Å². The van der Waals surface area contributed by atoms with Gasteiger partial charge >= 0.3 is 5.97 Å². The highest BCUT2D eigenvalue weighted by atomic mass is 16.5. The first kappa shape index (κ1) is 15.1. The molecular formula is C20H19NO2. The van der Waals surface area contributed by atoms with Crippen molar-refractivity contribution in [2.45, 2.75) is 19.8 Å². The predicted molar refractivity (Wildman–Crippen MR) is 93.0 cm³/mol. The average molecular weight is 305 g/mol. The highest BCUT2D eigenvalue weighted by Crippen LogP contribution is 2.29. The van der Waals surface area contributed by atoms with Gasteiger partial charge in [0.2, 0.25) is 0 Å². The summed E-state index contributed by atoms with van der Waals surface area (Å²) < 4.78 is 5.16. The van der Waals surface area contributed by atoms with Gasteiger partial charge in [0.25, 0.3) is 0 Å². The molecular weight excluding hydrogens is 286 g/mol. The Balaban J connectivity index is 0.000000149. The van der Waals surface area contributed by atoms with Gasteiger partial charge in [-0.3, -0.25) is 0 Å². The molecule has 0 aliphatic carbocycles. The summed E-state index contributed by atoms with van der Waals surface area (Å²) in [6, 6.07) is 17.8. The number of unbranched alkanes of at least 4 members (excludes halogenated alkanes) is 1. The van der Waals surface area contributed by atoms with Crippen LogP contribution in [0.3, 0.4) is 0 Å². The van der Waals surface area contributed by atoms with Crippen LogP contribution in [0.2, 0.25) is 0 Å². The van der Waals surface area contributed by atoms with Crippen molar-refractivity contribution in [2.75, 3.05) is 0 Å². The number of aromatic amines is 1. The van der Waals surface area contributed by atoms with Gasteiger partial charge in [-0.05, 0) is 36.1 Å².